The molecule has 24 heavy (non-hydrogen) atoms. The van der Waals surface area contributed by atoms with Gasteiger partial charge in [0.1, 0.15) is 0 Å². The van der Waals surface area contributed by atoms with Crippen molar-refractivity contribution < 1.29 is 37.4 Å². The van der Waals surface area contributed by atoms with E-state index in [1.54, 1.807) is 12.1 Å². The molecule has 1 saturated heterocycles. The van der Waals surface area contributed by atoms with Gasteiger partial charge in [-0.25, -0.2) is 18.0 Å². The van der Waals surface area contributed by atoms with Crippen molar-refractivity contribution >= 4 is 27.7 Å². The summed E-state index contributed by atoms with van der Waals surface area (Å²) in [6, 6.07) is 3.31. The van der Waals surface area contributed by atoms with Crippen LogP contribution in [0.5, 0.6) is 0 Å². The number of Topliss-reactive ketones (excluding diaryl/α,β-unsaturated/α-hetero) is 1. The predicted octanol–water partition coefficient (Wildman–Crippen LogP) is -0.805. The second-order valence-corrected chi connectivity index (χ2v) is 6.93. The van der Waals surface area contributed by atoms with Gasteiger partial charge in [0.05, 0.1) is 19.1 Å². The van der Waals surface area contributed by atoms with E-state index >= 15 is 0 Å². The summed E-state index contributed by atoms with van der Waals surface area (Å²) in [6.45, 7) is 2.28. The summed E-state index contributed by atoms with van der Waals surface area (Å²) in [5.41, 5.74) is 0. The lowest BCUT2D eigenvalue weighted by molar-refractivity contribution is -0.159. The van der Waals surface area contributed by atoms with Gasteiger partial charge in [0.25, 0.3) is 0 Å². The van der Waals surface area contributed by atoms with Crippen molar-refractivity contribution in [2.75, 3.05) is 39.0 Å². The molecule has 1 aromatic heterocycles. The molecule has 2 heterocycles. The van der Waals surface area contributed by atoms with Crippen LogP contribution in [0.15, 0.2) is 22.8 Å². The quantitative estimate of drug-likeness (QED) is 0.519. The number of carboxylic acid groups (broad SMARTS) is 2. The number of carbonyl (C=O) groups is 3. The van der Waals surface area contributed by atoms with Crippen LogP contribution in [0.3, 0.4) is 0 Å². The Bertz CT molecular complexity index is 663. The zero-order valence-electron chi connectivity index (χ0n) is 12.9. The molecule has 0 unspecified atom stereocenters. The summed E-state index contributed by atoms with van der Waals surface area (Å²) >= 11 is 0. The highest BCUT2D eigenvalue weighted by Crippen LogP contribution is 2.08. The molecule has 11 heteroatoms. The number of sulfonamides is 1. The number of carboxylic acids is 2. The van der Waals surface area contributed by atoms with Crippen LogP contribution in [0, 0.1) is 0 Å². The molecule has 1 aliphatic rings. The van der Waals surface area contributed by atoms with Gasteiger partial charge < -0.3 is 14.6 Å². The van der Waals surface area contributed by atoms with Gasteiger partial charge in [-0.05, 0) is 12.1 Å². The Morgan fingerprint density at radius 2 is 1.67 bits per heavy atom. The van der Waals surface area contributed by atoms with E-state index in [0.29, 0.717) is 31.9 Å². The predicted molar refractivity (Wildman–Crippen MR) is 81.2 cm³/mol. The summed E-state index contributed by atoms with van der Waals surface area (Å²) < 4.78 is 29.1. The van der Waals surface area contributed by atoms with Gasteiger partial charge in [-0.15, -0.1) is 0 Å². The van der Waals surface area contributed by atoms with E-state index in [2.05, 4.69) is 0 Å². The van der Waals surface area contributed by atoms with E-state index in [1.165, 1.54) is 16.8 Å². The van der Waals surface area contributed by atoms with E-state index in [1.807, 2.05) is 4.90 Å². The number of nitrogens with zero attached hydrogens (tertiary/aromatic N) is 2. The number of aliphatic carboxylic acids is 2. The smallest absolute Gasteiger partial charge is 0.414 e. The fourth-order valence-corrected chi connectivity index (χ4v) is 2.76. The molecule has 0 radical (unpaired) electrons. The van der Waals surface area contributed by atoms with Crippen molar-refractivity contribution in [2.24, 2.45) is 0 Å². The first-order valence-corrected chi connectivity index (χ1v) is 8.66. The fraction of sp³-hybridized carbons (Fsp3) is 0.462. The van der Waals surface area contributed by atoms with Crippen molar-refractivity contribution in [1.29, 1.82) is 0 Å². The Balaban J connectivity index is 0.000000413. The highest BCUT2D eigenvalue weighted by molar-refractivity contribution is 7.88. The van der Waals surface area contributed by atoms with Crippen LogP contribution in [0.1, 0.15) is 10.6 Å². The van der Waals surface area contributed by atoms with Crippen molar-refractivity contribution in [1.82, 2.24) is 9.21 Å². The van der Waals surface area contributed by atoms with E-state index in [0.717, 1.165) is 0 Å². The third-order valence-electron chi connectivity index (χ3n) is 3.15. The molecule has 0 aliphatic carbocycles. The number of hydrogen-bond acceptors (Lipinski definition) is 7. The van der Waals surface area contributed by atoms with E-state index < -0.39 is 22.0 Å². The lowest BCUT2D eigenvalue weighted by Gasteiger charge is -2.32. The minimum atomic E-state index is -3.12. The molecule has 1 aromatic rings. The summed E-state index contributed by atoms with van der Waals surface area (Å²) in [4.78, 5) is 31.9. The van der Waals surface area contributed by atoms with Gasteiger partial charge in [0.15, 0.2) is 5.76 Å². The van der Waals surface area contributed by atoms with E-state index in [9.17, 15) is 13.2 Å². The largest absolute Gasteiger partial charge is 0.473 e. The maximum atomic E-state index is 11.8. The molecular formula is C13H18N2O8S. The topological polar surface area (TPSA) is 145 Å². The highest BCUT2D eigenvalue weighted by atomic mass is 32.2. The van der Waals surface area contributed by atoms with Crippen molar-refractivity contribution in [3.8, 4) is 0 Å². The standard InChI is InChI=1S/C11H16N2O4S.C2H2O4/c1-18(15,16)13-6-4-12(5-7-13)9-10(14)11-3-2-8-17-11;3-1(4)2(5)6/h2-3,8H,4-7,9H2,1H3;(H,3,4)(H,5,6). The first kappa shape index (κ1) is 19.8. The highest BCUT2D eigenvalue weighted by Gasteiger charge is 2.25. The Labute approximate surface area is 138 Å². The monoisotopic (exact) mass is 362 g/mol. The maximum absolute atomic E-state index is 11.8. The number of carbonyl (C=O) groups excluding carboxylic acids is 1. The average Bonchev–Trinajstić information content (AvgIpc) is 3.01. The Kier molecular flexibility index (Phi) is 7.07. The van der Waals surface area contributed by atoms with E-state index in [-0.39, 0.29) is 12.3 Å². The molecule has 2 rings (SSSR count). The molecular weight excluding hydrogens is 344 g/mol. The third kappa shape index (κ3) is 6.48. The molecule has 2 N–H and O–H groups in total. The van der Waals surface area contributed by atoms with Gasteiger partial charge in [-0.3, -0.25) is 9.69 Å². The van der Waals surface area contributed by atoms with Crippen LogP contribution in [0.2, 0.25) is 0 Å². The van der Waals surface area contributed by atoms with Crippen LogP contribution < -0.4 is 0 Å². The van der Waals surface area contributed by atoms with Gasteiger partial charge in [-0.2, -0.15) is 4.31 Å². The molecule has 0 amide bonds. The zero-order chi connectivity index (χ0) is 18.3. The molecule has 134 valence electrons. The van der Waals surface area contributed by atoms with Crippen LogP contribution >= 0.6 is 0 Å². The van der Waals surface area contributed by atoms with Crippen molar-refractivity contribution in [3.63, 3.8) is 0 Å². The third-order valence-corrected chi connectivity index (χ3v) is 4.45. The Morgan fingerprint density at radius 1 is 1.12 bits per heavy atom. The van der Waals surface area contributed by atoms with Gasteiger partial charge >= 0.3 is 11.9 Å². The first-order valence-electron chi connectivity index (χ1n) is 6.81. The normalized spacial score (nSPS) is 16.0. The number of ketones is 1. The minimum Gasteiger partial charge on any atom is -0.473 e. The van der Waals surface area contributed by atoms with Gasteiger partial charge in [0, 0.05) is 26.2 Å². The Hall–Kier alpha value is -2.24. The summed E-state index contributed by atoms with van der Waals surface area (Å²) in [6.07, 6.45) is 2.67. The summed E-state index contributed by atoms with van der Waals surface area (Å²) in [7, 11) is -3.12. The van der Waals surface area contributed by atoms with Crippen LogP contribution in [-0.2, 0) is 19.6 Å². The maximum Gasteiger partial charge on any atom is 0.414 e. The minimum absolute atomic E-state index is 0.0761. The summed E-state index contributed by atoms with van der Waals surface area (Å²) in [5.74, 6) is -3.38. The number of hydrogen-bond donors (Lipinski definition) is 2. The second kappa shape index (κ2) is 8.57. The molecule has 0 bridgehead atoms. The van der Waals surface area contributed by atoms with Gasteiger partial charge in [-0.1, -0.05) is 0 Å². The molecule has 1 aliphatic heterocycles. The lowest BCUT2D eigenvalue weighted by Crippen LogP contribution is -2.49. The van der Waals surface area contributed by atoms with Crippen LogP contribution in [0.25, 0.3) is 0 Å². The SMILES string of the molecule is CS(=O)(=O)N1CCN(CC(=O)c2ccco2)CC1.O=C(O)C(=O)O. The first-order chi connectivity index (χ1) is 11.1. The number of rotatable bonds is 4. The molecule has 1 fully saturated rings. The second-order valence-electron chi connectivity index (χ2n) is 4.95. The molecule has 10 nitrogen and oxygen atoms in total. The van der Waals surface area contributed by atoms with Crippen LogP contribution in [0.4, 0.5) is 0 Å². The molecule has 0 spiro atoms. The molecule has 0 atom stereocenters. The number of piperazine rings is 1. The van der Waals surface area contributed by atoms with E-state index in [4.69, 9.17) is 24.2 Å². The zero-order valence-corrected chi connectivity index (χ0v) is 13.7. The van der Waals surface area contributed by atoms with Gasteiger partial charge in [0.2, 0.25) is 15.8 Å². The lowest BCUT2D eigenvalue weighted by atomic mass is 10.2. The Morgan fingerprint density at radius 3 is 2.04 bits per heavy atom. The molecule has 0 aromatic carbocycles. The van der Waals surface area contributed by atoms with Crippen molar-refractivity contribution in [3.05, 3.63) is 24.2 Å². The summed E-state index contributed by atoms with van der Waals surface area (Å²) in [5, 5.41) is 14.8. The van der Waals surface area contributed by atoms with Crippen LogP contribution in [-0.4, -0.2) is 84.5 Å². The average molecular weight is 362 g/mol. The van der Waals surface area contributed by atoms with Crippen molar-refractivity contribution in [2.45, 2.75) is 0 Å². The fourth-order valence-electron chi connectivity index (χ4n) is 1.94. The molecule has 0 saturated carbocycles. The number of furan rings is 1.